The summed E-state index contributed by atoms with van der Waals surface area (Å²) in [6, 6.07) is 0. The summed E-state index contributed by atoms with van der Waals surface area (Å²) >= 11 is 0. The first kappa shape index (κ1) is 37.7. The fourth-order valence-electron chi connectivity index (χ4n) is 0. The second-order valence-corrected chi connectivity index (χ2v) is 5.57. The van der Waals surface area contributed by atoms with E-state index in [9.17, 15) is 0 Å². The molecule has 0 unspecified atom stereocenters. The summed E-state index contributed by atoms with van der Waals surface area (Å²) < 4.78 is 104. The van der Waals surface area contributed by atoms with Gasteiger partial charge in [0.05, 0.1) is 0 Å². The topological polar surface area (TPSA) is 372 Å². The molecule has 22 heteroatoms. The third kappa shape index (κ3) is 52700. The van der Waals surface area contributed by atoms with Crippen LogP contribution in [0.5, 0.6) is 0 Å². The predicted octanol–water partition coefficient (Wildman–Crippen LogP) is -2.56. The molecule has 0 aromatic rings. The summed E-state index contributed by atoms with van der Waals surface area (Å²) in [4.78, 5) is 21.6. The van der Waals surface area contributed by atoms with Crippen LogP contribution in [-0.2, 0) is 35.8 Å². The van der Waals surface area contributed by atoms with Crippen LogP contribution in [0.1, 0.15) is 0 Å². The van der Waals surface area contributed by atoms with Gasteiger partial charge in [-0.3, -0.25) is 27.3 Å². The highest BCUT2D eigenvalue weighted by atomic mass is 32.3. The van der Waals surface area contributed by atoms with Gasteiger partial charge in [0.25, 0.3) is 0 Å². The number of phosphoric acid groups is 1. The molecule has 0 aromatic carbocycles. The Balaban J connectivity index is -0.0000000376. The van der Waals surface area contributed by atoms with Gasteiger partial charge in [0.15, 0.2) is 0 Å². The zero-order chi connectivity index (χ0) is 18.0. The van der Waals surface area contributed by atoms with Crippen molar-refractivity contribution in [2.24, 2.45) is 0 Å². The van der Waals surface area contributed by atoms with Crippen LogP contribution in [0.4, 0.5) is 0 Å². The van der Waals surface area contributed by atoms with Crippen LogP contribution < -0.4 is 12.3 Å². The maximum atomic E-state index is 8.88. The molecule has 0 heterocycles. The molecule has 0 atom stereocenters. The summed E-state index contributed by atoms with van der Waals surface area (Å²) in [6.45, 7) is 0. The molecule has 0 rings (SSSR count). The van der Waals surface area contributed by atoms with Gasteiger partial charge in [-0.05, 0) is 0 Å². The van der Waals surface area contributed by atoms with E-state index >= 15 is 0 Å². The molecule has 0 aromatic heterocycles. The second-order valence-electron chi connectivity index (χ2n) is 1.86. The summed E-state index contributed by atoms with van der Waals surface area (Å²) in [6.07, 6.45) is 0. The minimum Gasteiger partial charge on any atom is -0.344 e. The Morgan fingerprint density at radius 1 is 0.500 bits per heavy atom. The van der Waals surface area contributed by atoms with E-state index < -0.39 is 39.0 Å². The zero-order valence-electron chi connectivity index (χ0n) is 9.97. The first-order valence-electron chi connectivity index (χ1n) is 2.88. The van der Waals surface area contributed by atoms with Gasteiger partial charge in [-0.1, -0.05) is 0 Å². The lowest BCUT2D eigenvalue weighted by Gasteiger charge is -1.82. The minimum atomic E-state index is -4.67. The molecule has 0 fully saturated rings. The highest BCUT2D eigenvalue weighted by molar-refractivity contribution is 7.80. The molecule has 15 N–H and O–H groups in total. The zero-order valence-corrected chi connectivity index (χ0v) is 13.3. The predicted molar refractivity (Wildman–Crippen MR) is 66.8 cm³/mol. The summed E-state index contributed by atoms with van der Waals surface area (Å²) in [5.74, 6) is 0. The Bertz CT molecular complexity index is 470. The number of hydrogen-bond donors (Lipinski definition) is 11. The van der Waals surface area contributed by atoms with E-state index in [1.165, 1.54) is 0 Å². The lowest BCUT2D eigenvalue weighted by molar-refractivity contribution is 0.275. The molecule has 144 valence electrons. The molecule has 18 nitrogen and oxygen atoms in total. The Morgan fingerprint density at radius 3 is 0.500 bits per heavy atom. The molecule has 22 heavy (non-hydrogen) atoms. The van der Waals surface area contributed by atoms with Gasteiger partial charge in [-0.25, -0.2) is 4.57 Å². The lowest BCUT2D eigenvalue weighted by atomic mass is 14.0. The van der Waals surface area contributed by atoms with Crippen LogP contribution in [0, 0.1) is 0 Å². The molecular formula is H15N2O16PS3. The van der Waals surface area contributed by atoms with Crippen molar-refractivity contribution < 1.29 is 71.8 Å². The molecule has 0 aliphatic carbocycles. The normalized spacial score (nSPS) is 10.6. The highest BCUT2D eigenvalue weighted by Gasteiger charge is 2.00. The van der Waals surface area contributed by atoms with Gasteiger partial charge in [0.2, 0.25) is 0 Å². The second kappa shape index (κ2) is 14.2. The van der Waals surface area contributed by atoms with Crippen LogP contribution in [0.25, 0.3) is 0 Å². The summed E-state index contributed by atoms with van der Waals surface area (Å²) in [5, 5.41) is 0. The molecule has 0 aliphatic rings. The third-order valence-corrected chi connectivity index (χ3v) is 0. The first-order chi connectivity index (χ1) is 8.00. The van der Waals surface area contributed by atoms with Gasteiger partial charge >= 0.3 is 39.0 Å². The van der Waals surface area contributed by atoms with Crippen molar-refractivity contribution in [3.05, 3.63) is 0 Å². The van der Waals surface area contributed by atoms with Crippen molar-refractivity contribution >= 4 is 39.0 Å². The molecule has 0 saturated carbocycles. The van der Waals surface area contributed by atoms with E-state index in [-0.39, 0.29) is 12.3 Å². The first-order valence-corrected chi connectivity index (χ1v) is 8.63. The van der Waals surface area contributed by atoms with Crippen LogP contribution in [0.15, 0.2) is 0 Å². The van der Waals surface area contributed by atoms with E-state index in [0.29, 0.717) is 0 Å². The van der Waals surface area contributed by atoms with Crippen molar-refractivity contribution in [1.29, 1.82) is 0 Å². The van der Waals surface area contributed by atoms with Crippen molar-refractivity contribution in [3.8, 4) is 0 Å². The Kier molecular flexibility index (Phi) is 24.4. The number of rotatable bonds is 0. The molecule has 0 aliphatic heterocycles. The molecule has 0 bridgehead atoms. The molecular weight excluding hydrogens is 411 g/mol. The van der Waals surface area contributed by atoms with Gasteiger partial charge in [-0.2, -0.15) is 25.3 Å². The Morgan fingerprint density at radius 2 is 0.500 bits per heavy atom. The lowest BCUT2D eigenvalue weighted by Crippen LogP contribution is -1.89. The quantitative estimate of drug-likeness (QED) is 0.140. The van der Waals surface area contributed by atoms with Crippen LogP contribution in [-0.4, -0.2) is 67.3 Å². The maximum Gasteiger partial charge on any atom is 0.466 e. The SMILES string of the molecule is N.N.O=P(O)(O)O.O=S(=O)(O)O.O=S(=O)(O)O.O=S(=O)(O)O. The van der Waals surface area contributed by atoms with Crippen LogP contribution >= 0.6 is 7.82 Å². The largest absolute Gasteiger partial charge is 0.466 e. The standard InChI is InChI=1S/2H3N.H3O4P.3H2O4S/c;;4*1-5(2,3)4/h2*1H3;(H3,1,2,3,4);3*(H2,1,2,3,4). The van der Waals surface area contributed by atoms with Crippen LogP contribution in [0.2, 0.25) is 0 Å². The number of hydrogen-bond acceptors (Lipinski definition) is 9. The molecule has 0 amide bonds. The van der Waals surface area contributed by atoms with Gasteiger partial charge in [-0.15, -0.1) is 0 Å². The fraction of sp³-hybridized carbons (Fsp3) is 0. The minimum absolute atomic E-state index is 0. The molecule has 0 saturated heterocycles. The Hall–Kier alpha value is -0.360. The van der Waals surface area contributed by atoms with Crippen molar-refractivity contribution in [1.82, 2.24) is 12.3 Å². The summed E-state index contributed by atoms with van der Waals surface area (Å²) in [5.41, 5.74) is 0. The molecule has 0 radical (unpaired) electrons. The molecule has 0 spiro atoms. The van der Waals surface area contributed by atoms with E-state index in [0.717, 1.165) is 0 Å². The smallest absolute Gasteiger partial charge is 0.344 e. The van der Waals surface area contributed by atoms with Gasteiger partial charge in [0.1, 0.15) is 0 Å². The van der Waals surface area contributed by atoms with E-state index in [4.69, 9.17) is 71.8 Å². The van der Waals surface area contributed by atoms with E-state index in [1.54, 1.807) is 0 Å². The fourth-order valence-corrected chi connectivity index (χ4v) is 0. The van der Waals surface area contributed by atoms with E-state index in [2.05, 4.69) is 0 Å². The average molecular weight is 426 g/mol. The Labute approximate surface area is 123 Å². The summed E-state index contributed by atoms with van der Waals surface area (Å²) in [7, 11) is -18.6. The monoisotopic (exact) mass is 426 g/mol. The average Bonchev–Trinajstić information content (AvgIpc) is 1.62. The third-order valence-electron chi connectivity index (χ3n) is 0. The van der Waals surface area contributed by atoms with Crippen molar-refractivity contribution in [2.75, 3.05) is 0 Å². The van der Waals surface area contributed by atoms with Gasteiger partial charge in [0, 0.05) is 0 Å². The maximum absolute atomic E-state index is 8.88. The van der Waals surface area contributed by atoms with Crippen LogP contribution in [0.3, 0.4) is 0 Å². The van der Waals surface area contributed by atoms with Gasteiger partial charge < -0.3 is 27.0 Å². The van der Waals surface area contributed by atoms with Crippen molar-refractivity contribution in [3.63, 3.8) is 0 Å². The highest BCUT2D eigenvalue weighted by Crippen LogP contribution is 2.25. The van der Waals surface area contributed by atoms with E-state index in [1.807, 2.05) is 0 Å². The van der Waals surface area contributed by atoms with Crippen molar-refractivity contribution in [2.45, 2.75) is 0 Å².